The summed E-state index contributed by atoms with van der Waals surface area (Å²) in [6, 6.07) is 0.848. The second kappa shape index (κ2) is 6.33. The Balaban J connectivity index is 1.56. The zero-order chi connectivity index (χ0) is 14.0. The molecule has 2 saturated heterocycles. The monoisotopic (exact) mass is 279 g/mol. The van der Waals surface area contributed by atoms with Crippen LogP contribution in [0, 0.1) is 5.92 Å². The first-order chi connectivity index (χ1) is 9.71. The van der Waals surface area contributed by atoms with E-state index >= 15 is 0 Å². The standard InChI is InChI=1S/C17H33N3/c1-3-10-19-12-7-16(8-13-19)20-11-4-9-18-17(2,14-20)15-5-6-15/h15-16,18H,3-14H2,1-2H3. The first-order valence-corrected chi connectivity index (χ1v) is 8.93. The van der Waals surface area contributed by atoms with Crippen LogP contribution < -0.4 is 5.32 Å². The van der Waals surface area contributed by atoms with Crippen molar-refractivity contribution >= 4 is 0 Å². The minimum Gasteiger partial charge on any atom is -0.310 e. The van der Waals surface area contributed by atoms with E-state index in [1.807, 2.05) is 0 Å². The van der Waals surface area contributed by atoms with Crippen molar-refractivity contribution in [3.8, 4) is 0 Å². The molecule has 1 saturated carbocycles. The van der Waals surface area contributed by atoms with Gasteiger partial charge in [-0.2, -0.15) is 0 Å². The van der Waals surface area contributed by atoms with Gasteiger partial charge < -0.3 is 10.2 Å². The topological polar surface area (TPSA) is 18.5 Å². The summed E-state index contributed by atoms with van der Waals surface area (Å²) in [6.45, 7) is 12.5. The van der Waals surface area contributed by atoms with Gasteiger partial charge in [0.1, 0.15) is 0 Å². The van der Waals surface area contributed by atoms with Crippen LogP contribution in [-0.2, 0) is 0 Å². The Morgan fingerprint density at radius 3 is 2.50 bits per heavy atom. The van der Waals surface area contributed by atoms with E-state index in [0.717, 1.165) is 12.0 Å². The normalized spacial score (nSPS) is 35.1. The highest BCUT2D eigenvalue weighted by Crippen LogP contribution is 2.41. The molecule has 2 aliphatic heterocycles. The van der Waals surface area contributed by atoms with Gasteiger partial charge in [0, 0.05) is 18.1 Å². The lowest BCUT2D eigenvalue weighted by atomic mass is 9.93. The number of nitrogens with zero attached hydrogens (tertiary/aromatic N) is 2. The maximum Gasteiger partial charge on any atom is 0.0308 e. The molecule has 1 atom stereocenters. The minimum atomic E-state index is 0.400. The predicted molar refractivity (Wildman–Crippen MR) is 85.1 cm³/mol. The largest absolute Gasteiger partial charge is 0.310 e. The number of likely N-dealkylation sites (tertiary alicyclic amines) is 1. The molecule has 3 fully saturated rings. The van der Waals surface area contributed by atoms with E-state index < -0.39 is 0 Å². The Hall–Kier alpha value is -0.120. The smallest absolute Gasteiger partial charge is 0.0308 e. The molecule has 0 radical (unpaired) electrons. The molecule has 1 aliphatic carbocycles. The van der Waals surface area contributed by atoms with Gasteiger partial charge >= 0.3 is 0 Å². The molecule has 0 spiro atoms. The van der Waals surface area contributed by atoms with Crippen molar-refractivity contribution in [2.24, 2.45) is 5.92 Å². The van der Waals surface area contributed by atoms with Crippen LogP contribution in [0.5, 0.6) is 0 Å². The number of piperidine rings is 1. The first kappa shape index (κ1) is 14.8. The van der Waals surface area contributed by atoms with Gasteiger partial charge in [0.2, 0.25) is 0 Å². The Bertz CT molecular complexity index is 307. The van der Waals surface area contributed by atoms with Crippen molar-refractivity contribution in [2.45, 2.75) is 64.0 Å². The summed E-state index contributed by atoms with van der Waals surface area (Å²) >= 11 is 0. The summed E-state index contributed by atoms with van der Waals surface area (Å²) in [5.74, 6) is 0.947. The third kappa shape index (κ3) is 3.37. The Labute approximate surface area is 125 Å². The first-order valence-electron chi connectivity index (χ1n) is 8.93. The third-order valence-corrected chi connectivity index (χ3v) is 5.77. The zero-order valence-corrected chi connectivity index (χ0v) is 13.5. The van der Waals surface area contributed by atoms with Crippen molar-refractivity contribution in [2.75, 3.05) is 39.3 Å². The fourth-order valence-electron chi connectivity index (χ4n) is 4.34. The van der Waals surface area contributed by atoms with E-state index in [-0.39, 0.29) is 0 Å². The van der Waals surface area contributed by atoms with Crippen LogP contribution in [0.25, 0.3) is 0 Å². The number of rotatable bonds is 4. The highest BCUT2D eigenvalue weighted by Gasteiger charge is 2.44. The summed E-state index contributed by atoms with van der Waals surface area (Å²) in [7, 11) is 0. The fraction of sp³-hybridized carbons (Fsp3) is 1.00. The molecule has 3 nitrogen and oxygen atoms in total. The molecule has 0 amide bonds. The van der Waals surface area contributed by atoms with Gasteiger partial charge in [-0.3, -0.25) is 4.90 Å². The van der Waals surface area contributed by atoms with Crippen LogP contribution in [0.2, 0.25) is 0 Å². The van der Waals surface area contributed by atoms with E-state index in [1.54, 1.807) is 0 Å². The van der Waals surface area contributed by atoms with Gasteiger partial charge in [-0.05, 0) is 84.1 Å². The molecule has 1 unspecified atom stereocenters. The quantitative estimate of drug-likeness (QED) is 0.852. The SMILES string of the molecule is CCCN1CCC(N2CCCNC(C)(C3CC3)C2)CC1. The lowest BCUT2D eigenvalue weighted by Gasteiger charge is -2.41. The van der Waals surface area contributed by atoms with Gasteiger partial charge in [0.05, 0.1) is 0 Å². The molecule has 0 aromatic rings. The lowest BCUT2D eigenvalue weighted by Crippen LogP contribution is -2.54. The molecule has 3 heteroatoms. The van der Waals surface area contributed by atoms with Gasteiger partial charge in [-0.15, -0.1) is 0 Å². The van der Waals surface area contributed by atoms with Crippen LogP contribution in [0.1, 0.15) is 52.4 Å². The molecular weight excluding hydrogens is 246 g/mol. The highest BCUT2D eigenvalue weighted by atomic mass is 15.2. The Morgan fingerprint density at radius 2 is 1.85 bits per heavy atom. The van der Waals surface area contributed by atoms with Gasteiger partial charge in [-0.1, -0.05) is 6.92 Å². The molecule has 116 valence electrons. The molecule has 0 aromatic carbocycles. The van der Waals surface area contributed by atoms with Crippen LogP contribution in [0.3, 0.4) is 0 Å². The van der Waals surface area contributed by atoms with Crippen molar-refractivity contribution in [1.29, 1.82) is 0 Å². The van der Waals surface area contributed by atoms with E-state index in [1.165, 1.54) is 77.8 Å². The van der Waals surface area contributed by atoms with Gasteiger partial charge in [0.15, 0.2) is 0 Å². The summed E-state index contributed by atoms with van der Waals surface area (Å²) in [5, 5.41) is 3.87. The lowest BCUT2D eigenvalue weighted by molar-refractivity contribution is 0.0894. The molecule has 3 aliphatic rings. The number of hydrogen-bond acceptors (Lipinski definition) is 3. The second-order valence-electron chi connectivity index (χ2n) is 7.52. The van der Waals surface area contributed by atoms with Crippen molar-refractivity contribution in [1.82, 2.24) is 15.1 Å². The second-order valence-corrected chi connectivity index (χ2v) is 7.52. The molecule has 0 aromatic heterocycles. The molecule has 2 heterocycles. The molecule has 0 bridgehead atoms. The fourth-order valence-corrected chi connectivity index (χ4v) is 4.34. The predicted octanol–water partition coefficient (Wildman–Crippen LogP) is 2.32. The van der Waals surface area contributed by atoms with E-state index in [2.05, 4.69) is 29.0 Å². The minimum absolute atomic E-state index is 0.400. The van der Waals surface area contributed by atoms with Crippen LogP contribution in [-0.4, -0.2) is 60.6 Å². The van der Waals surface area contributed by atoms with Crippen molar-refractivity contribution in [3.63, 3.8) is 0 Å². The average Bonchev–Trinajstić information content (AvgIpc) is 3.27. The zero-order valence-electron chi connectivity index (χ0n) is 13.5. The maximum atomic E-state index is 3.87. The van der Waals surface area contributed by atoms with E-state index in [0.29, 0.717) is 5.54 Å². The third-order valence-electron chi connectivity index (χ3n) is 5.77. The van der Waals surface area contributed by atoms with Gasteiger partial charge in [-0.25, -0.2) is 0 Å². The summed E-state index contributed by atoms with van der Waals surface area (Å²) < 4.78 is 0. The summed E-state index contributed by atoms with van der Waals surface area (Å²) in [6.07, 6.45) is 8.32. The van der Waals surface area contributed by atoms with E-state index in [4.69, 9.17) is 0 Å². The molecule has 1 N–H and O–H groups in total. The van der Waals surface area contributed by atoms with Crippen LogP contribution in [0.15, 0.2) is 0 Å². The molecule has 3 rings (SSSR count). The van der Waals surface area contributed by atoms with Crippen molar-refractivity contribution < 1.29 is 0 Å². The Kier molecular flexibility index (Phi) is 4.68. The van der Waals surface area contributed by atoms with Crippen molar-refractivity contribution in [3.05, 3.63) is 0 Å². The number of hydrogen-bond donors (Lipinski definition) is 1. The van der Waals surface area contributed by atoms with E-state index in [9.17, 15) is 0 Å². The van der Waals surface area contributed by atoms with Gasteiger partial charge in [0.25, 0.3) is 0 Å². The molecular formula is C17H33N3. The Morgan fingerprint density at radius 1 is 1.10 bits per heavy atom. The molecule has 20 heavy (non-hydrogen) atoms. The summed E-state index contributed by atoms with van der Waals surface area (Å²) in [5.41, 5.74) is 0.400. The van der Waals surface area contributed by atoms with Crippen LogP contribution in [0.4, 0.5) is 0 Å². The van der Waals surface area contributed by atoms with Crippen LogP contribution >= 0.6 is 0 Å². The maximum absolute atomic E-state index is 3.87. The average molecular weight is 279 g/mol. The number of nitrogens with one attached hydrogen (secondary N) is 1. The summed E-state index contributed by atoms with van der Waals surface area (Å²) in [4.78, 5) is 5.49. The highest BCUT2D eigenvalue weighted by molar-refractivity contribution is 5.02.